The molecule has 2 atom stereocenters. The van der Waals surface area contributed by atoms with Crippen molar-refractivity contribution in [2.24, 2.45) is 0 Å². The highest BCUT2D eigenvalue weighted by Crippen LogP contribution is 2.39. The van der Waals surface area contributed by atoms with E-state index in [9.17, 15) is 35.5 Å². The molecule has 0 heterocycles. The van der Waals surface area contributed by atoms with Crippen LogP contribution in [0, 0.1) is 0 Å². The molecule has 0 aromatic rings. The number of sulfone groups is 1. The smallest absolute Gasteiger partial charge is 0.392 e. The molecule has 116 valence electrons. The number of aliphatic hydroxyl groups is 1. The topological polar surface area (TPSA) is 54.4 Å². The predicted octanol–water partition coefficient (Wildman–Crippen LogP) is 2.54. The summed E-state index contributed by atoms with van der Waals surface area (Å²) in [6, 6.07) is 0. The molecule has 0 amide bonds. The average molecular weight is 312 g/mol. The Morgan fingerprint density at radius 2 is 1.63 bits per heavy atom. The standard InChI is InChI=1S/C10H17F5O3S/c1-3-4-8(16)6-19(17,18)7(2)5-9(11,12)10(13,14)15/h7-8,16H,3-6H2,1-2H3. The normalized spacial score (nSPS) is 17.3. The SMILES string of the molecule is CCCC(O)CS(=O)(=O)C(C)CC(F)(F)C(F)(F)F. The Morgan fingerprint density at radius 3 is 2.00 bits per heavy atom. The van der Waals surface area contributed by atoms with E-state index in [1.165, 1.54) is 0 Å². The first kappa shape index (κ1) is 18.6. The Kier molecular flexibility index (Phi) is 6.19. The van der Waals surface area contributed by atoms with Crippen LogP contribution in [0.4, 0.5) is 22.0 Å². The van der Waals surface area contributed by atoms with Gasteiger partial charge in [0.15, 0.2) is 9.84 Å². The quantitative estimate of drug-likeness (QED) is 0.735. The molecule has 2 unspecified atom stereocenters. The fraction of sp³-hybridized carbons (Fsp3) is 1.00. The lowest BCUT2D eigenvalue weighted by molar-refractivity contribution is -0.283. The number of hydrogen-bond acceptors (Lipinski definition) is 3. The lowest BCUT2D eigenvalue weighted by atomic mass is 10.2. The zero-order chi connectivity index (χ0) is 15.5. The van der Waals surface area contributed by atoms with Gasteiger partial charge in [-0.3, -0.25) is 0 Å². The molecule has 19 heavy (non-hydrogen) atoms. The molecule has 0 saturated heterocycles. The van der Waals surface area contributed by atoms with Crippen LogP contribution < -0.4 is 0 Å². The molecule has 0 aliphatic heterocycles. The van der Waals surface area contributed by atoms with E-state index < -0.39 is 45.5 Å². The summed E-state index contributed by atoms with van der Waals surface area (Å²) >= 11 is 0. The number of aliphatic hydroxyl groups excluding tert-OH is 1. The molecule has 3 nitrogen and oxygen atoms in total. The van der Waals surface area contributed by atoms with Gasteiger partial charge in [0, 0.05) is 6.42 Å². The van der Waals surface area contributed by atoms with Crippen LogP contribution in [0.5, 0.6) is 0 Å². The van der Waals surface area contributed by atoms with E-state index in [1.807, 2.05) is 0 Å². The zero-order valence-corrected chi connectivity index (χ0v) is 11.4. The van der Waals surface area contributed by atoms with Gasteiger partial charge in [0.2, 0.25) is 0 Å². The van der Waals surface area contributed by atoms with Gasteiger partial charge in [-0.15, -0.1) is 0 Å². The Labute approximate surface area is 108 Å². The van der Waals surface area contributed by atoms with E-state index in [0.29, 0.717) is 6.42 Å². The molecule has 0 aromatic heterocycles. The Morgan fingerprint density at radius 1 is 1.16 bits per heavy atom. The minimum atomic E-state index is -5.78. The van der Waals surface area contributed by atoms with E-state index in [1.54, 1.807) is 6.92 Å². The second-order valence-corrected chi connectivity index (χ2v) is 6.95. The molecule has 9 heteroatoms. The van der Waals surface area contributed by atoms with Crippen molar-refractivity contribution in [2.75, 3.05) is 5.75 Å². The maximum Gasteiger partial charge on any atom is 0.453 e. The fourth-order valence-electron chi connectivity index (χ4n) is 1.45. The maximum atomic E-state index is 12.7. The summed E-state index contributed by atoms with van der Waals surface area (Å²) in [5.41, 5.74) is 0. The molecule has 0 aliphatic rings. The summed E-state index contributed by atoms with van der Waals surface area (Å²) in [6.07, 6.45) is -8.25. The van der Waals surface area contributed by atoms with Gasteiger partial charge >= 0.3 is 12.1 Å². The minimum Gasteiger partial charge on any atom is -0.392 e. The van der Waals surface area contributed by atoms with E-state index >= 15 is 0 Å². The Hall–Kier alpha value is -0.440. The number of halogens is 5. The van der Waals surface area contributed by atoms with E-state index in [2.05, 4.69) is 0 Å². The minimum absolute atomic E-state index is 0.140. The van der Waals surface area contributed by atoms with Crippen LogP contribution in [0.25, 0.3) is 0 Å². The molecular weight excluding hydrogens is 295 g/mol. The monoisotopic (exact) mass is 312 g/mol. The Balaban J connectivity index is 4.78. The van der Waals surface area contributed by atoms with Crippen molar-refractivity contribution >= 4 is 9.84 Å². The first-order valence-electron chi connectivity index (χ1n) is 5.67. The highest BCUT2D eigenvalue weighted by atomic mass is 32.2. The van der Waals surface area contributed by atoms with Crippen molar-refractivity contribution in [1.82, 2.24) is 0 Å². The Bertz CT molecular complexity index is 377. The van der Waals surface area contributed by atoms with Gasteiger partial charge < -0.3 is 5.11 Å². The molecule has 0 spiro atoms. The van der Waals surface area contributed by atoms with Crippen LogP contribution in [0.3, 0.4) is 0 Å². The third kappa shape index (κ3) is 5.60. The van der Waals surface area contributed by atoms with Gasteiger partial charge in [0.1, 0.15) is 0 Å². The molecule has 0 rings (SSSR count). The van der Waals surface area contributed by atoms with Crippen LogP contribution in [0.1, 0.15) is 33.1 Å². The maximum absolute atomic E-state index is 12.7. The first-order valence-corrected chi connectivity index (χ1v) is 7.39. The van der Waals surface area contributed by atoms with Crippen molar-refractivity contribution in [3.8, 4) is 0 Å². The summed E-state index contributed by atoms with van der Waals surface area (Å²) in [5.74, 6) is -5.87. The third-order valence-corrected chi connectivity index (χ3v) is 4.86. The van der Waals surface area contributed by atoms with Gasteiger partial charge in [-0.1, -0.05) is 13.3 Å². The zero-order valence-electron chi connectivity index (χ0n) is 10.5. The third-order valence-electron chi connectivity index (χ3n) is 2.62. The summed E-state index contributed by atoms with van der Waals surface area (Å²) in [4.78, 5) is 0. The molecule has 1 N–H and O–H groups in total. The summed E-state index contributed by atoms with van der Waals surface area (Å²) < 4.78 is 84.5. The van der Waals surface area contributed by atoms with Crippen molar-refractivity contribution in [3.05, 3.63) is 0 Å². The van der Waals surface area contributed by atoms with Crippen molar-refractivity contribution in [2.45, 2.75) is 56.6 Å². The lowest BCUT2D eigenvalue weighted by Crippen LogP contribution is -2.41. The van der Waals surface area contributed by atoms with E-state index in [0.717, 1.165) is 6.92 Å². The number of alkyl halides is 5. The second-order valence-electron chi connectivity index (χ2n) is 4.49. The van der Waals surface area contributed by atoms with E-state index in [4.69, 9.17) is 0 Å². The van der Waals surface area contributed by atoms with Crippen LogP contribution in [0.2, 0.25) is 0 Å². The number of rotatable bonds is 7. The average Bonchev–Trinajstić information content (AvgIpc) is 2.14. The van der Waals surface area contributed by atoms with Crippen LogP contribution in [-0.2, 0) is 9.84 Å². The number of hydrogen-bond donors (Lipinski definition) is 1. The van der Waals surface area contributed by atoms with Crippen molar-refractivity contribution in [1.29, 1.82) is 0 Å². The second kappa shape index (κ2) is 6.34. The van der Waals surface area contributed by atoms with Gasteiger partial charge in [0.25, 0.3) is 0 Å². The molecule has 0 radical (unpaired) electrons. The largest absolute Gasteiger partial charge is 0.453 e. The molecule has 0 aliphatic carbocycles. The van der Waals surface area contributed by atoms with Gasteiger partial charge in [0.05, 0.1) is 17.1 Å². The summed E-state index contributed by atoms with van der Waals surface area (Å²) in [6.45, 7) is 2.46. The van der Waals surface area contributed by atoms with E-state index in [-0.39, 0.29) is 6.42 Å². The predicted molar refractivity (Wildman–Crippen MR) is 59.8 cm³/mol. The van der Waals surface area contributed by atoms with Crippen LogP contribution in [0.15, 0.2) is 0 Å². The fourth-order valence-corrected chi connectivity index (χ4v) is 2.95. The molecule has 0 fully saturated rings. The van der Waals surface area contributed by atoms with Crippen molar-refractivity contribution < 1.29 is 35.5 Å². The van der Waals surface area contributed by atoms with Crippen LogP contribution in [-0.4, -0.2) is 42.7 Å². The molecular formula is C10H17F5O3S. The summed E-state index contributed by atoms with van der Waals surface area (Å²) in [5, 5.41) is 7.42. The lowest BCUT2D eigenvalue weighted by Gasteiger charge is -2.23. The van der Waals surface area contributed by atoms with Crippen LogP contribution >= 0.6 is 0 Å². The highest BCUT2D eigenvalue weighted by Gasteiger charge is 2.58. The summed E-state index contributed by atoms with van der Waals surface area (Å²) in [7, 11) is -4.21. The van der Waals surface area contributed by atoms with Gasteiger partial charge in [-0.05, 0) is 13.3 Å². The highest BCUT2D eigenvalue weighted by molar-refractivity contribution is 7.92. The molecule has 0 bridgehead atoms. The first-order chi connectivity index (χ1) is 8.33. The molecule has 0 saturated carbocycles. The van der Waals surface area contributed by atoms with Gasteiger partial charge in [-0.25, -0.2) is 8.42 Å². The molecule has 0 aromatic carbocycles. The van der Waals surface area contributed by atoms with Gasteiger partial charge in [-0.2, -0.15) is 22.0 Å². The van der Waals surface area contributed by atoms with Crippen molar-refractivity contribution in [3.63, 3.8) is 0 Å².